The Morgan fingerprint density at radius 2 is 2.14 bits per heavy atom. The monoisotopic (exact) mass is 191 g/mol. The van der Waals surface area contributed by atoms with Gasteiger partial charge in [-0.15, -0.1) is 0 Å². The van der Waals surface area contributed by atoms with Gasteiger partial charge >= 0.3 is 0 Å². The second-order valence-corrected chi connectivity index (χ2v) is 3.85. The third kappa shape index (κ3) is 1.62. The molecule has 2 nitrogen and oxygen atoms in total. The molecule has 0 aliphatic carbocycles. The molecule has 0 amide bonds. The highest BCUT2D eigenvalue weighted by atomic mass is 16.5. The fourth-order valence-electron chi connectivity index (χ4n) is 2.14. The van der Waals surface area contributed by atoms with E-state index in [0.717, 1.165) is 13.0 Å². The number of methoxy groups -OCH3 is 1. The molecule has 0 saturated heterocycles. The molecule has 1 unspecified atom stereocenters. The van der Waals surface area contributed by atoms with Crippen LogP contribution in [0.1, 0.15) is 24.5 Å². The highest BCUT2D eigenvalue weighted by Gasteiger charge is 2.19. The van der Waals surface area contributed by atoms with E-state index >= 15 is 0 Å². The van der Waals surface area contributed by atoms with Crippen molar-refractivity contribution in [3.63, 3.8) is 0 Å². The van der Waals surface area contributed by atoms with Gasteiger partial charge in [0.15, 0.2) is 0 Å². The van der Waals surface area contributed by atoms with Crippen molar-refractivity contribution in [2.45, 2.75) is 18.9 Å². The molecule has 1 heterocycles. The van der Waals surface area contributed by atoms with Gasteiger partial charge in [0.2, 0.25) is 0 Å². The minimum Gasteiger partial charge on any atom is -0.377 e. The quantitative estimate of drug-likeness (QED) is 0.676. The molecular formula is C12H17NO. The van der Waals surface area contributed by atoms with Crippen LogP contribution in [0.15, 0.2) is 24.3 Å². The second kappa shape index (κ2) is 4.01. The van der Waals surface area contributed by atoms with Gasteiger partial charge < -0.3 is 9.64 Å². The summed E-state index contributed by atoms with van der Waals surface area (Å²) in [6.07, 6.45) is 2.60. The average molecular weight is 191 g/mol. The van der Waals surface area contributed by atoms with Gasteiger partial charge in [0.05, 0.1) is 6.10 Å². The SMILES string of the molecule is COC1CCCN(C)c2ccccc21. The van der Waals surface area contributed by atoms with Crippen molar-refractivity contribution in [1.29, 1.82) is 0 Å². The molecule has 0 radical (unpaired) electrons. The summed E-state index contributed by atoms with van der Waals surface area (Å²) in [7, 11) is 3.95. The van der Waals surface area contributed by atoms with E-state index < -0.39 is 0 Å². The maximum absolute atomic E-state index is 5.52. The molecule has 0 bridgehead atoms. The van der Waals surface area contributed by atoms with Crippen molar-refractivity contribution in [3.05, 3.63) is 29.8 Å². The molecule has 0 aromatic heterocycles. The van der Waals surface area contributed by atoms with E-state index in [-0.39, 0.29) is 6.10 Å². The molecule has 1 aliphatic heterocycles. The summed E-state index contributed by atoms with van der Waals surface area (Å²) in [6, 6.07) is 8.52. The van der Waals surface area contributed by atoms with Crippen LogP contribution in [-0.2, 0) is 4.74 Å². The zero-order chi connectivity index (χ0) is 9.97. The van der Waals surface area contributed by atoms with Crippen LogP contribution in [0.25, 0.3) is 0 Å². The van der Waals surface area contributed by atoms with Crippen LogP contribution in [0.4, 0.5) is 5.69 Å². The van der Waals surface area contributed by atoms with Crippen LogP contribution in [0.5, 0.6) is 0 Å². The van der Waals surface area contributed by atoms with Gasteiger partial charge in [-0.1, -0.05) is 18.2 Å². The lowest BCUT2D eigenvalue weighted by atomic mass is 10.0. The third-order valence-electron chi connectivity index (χ3n) is 2.94. The molecule has 1 aromatic rings. The number of hydrogen-bond donors (Lipinski definition) is 0. The summed E-state index contributed by atoms with van der Waals surface area (Å²) in [6.45, 7) is 1.12. The van der Waals surface area contributed by atoms with E-state index in [9.17, 15) is 0 Å². The van der Waals surface area contributed by atoms with E-state index in [0.29, 0.717) is 0 Å². The Labute approximate surface area is 85.5 Å². The molecule has 14 heavy (non-hydrogen) atoms. The Kier molecular flexibility index (Phi) is 2.73. The van der Waals surface area contributed by atoms with Crippen molar-refractivity contribution in [1.82, 2.24) is 0 Å². The van der Waals surface area contributed by atoms with Gasteiger partial charge in [0.25, 0.3) is 0 Å². The lowest BCUT2D eigenvalue weighted by Gasteiger charge is -2.20. The van der Waals surface area contributed by atoms with E-state index in [1.54, 1.807) is 7.11 Å². The van der Waals surface area contributed by atoms with Crippen LogP contribution in [0.2, 0.25) is 0 Å². The van der Waals surface area contributed by atoms with Crippen LogP contribution in [0, 0.1) is 0 Å². The first kappa shape index (κ1) is 9.53. The first-order valence-electron chi connectivity index (χ1n) is 5.16. The summed E-state index contributed by atoms with van der Waals surface area (Å²) in [5.41, 5.74) is 2.65. The largest absolute Gasteiger partial charge is 0.377 e. The highest BCUT2D eigenvalue weighted by molar-refractivity contribution is 5.54. The van der Waals surface area contributed by atoms with Crippen molar-refractivity contribution in [3.8, 4) is 0 Å². The molecule has 0 fully saturated rings. The Morgan fingerprint density at radius 3 is 2.93 bits per heavy atom. The van der Waals surface area contributed by atoms with Gasteiger partial charge in [0.1, 0.15) is 0 Å². The van der Waals surface area contributed by atoms with Crippen molar-refractivity contribution in [2.75, 3.05) is 25.6 Å². The molecule has 2 rings (SSSR count). The Hall–Kier alpha value is -1.02. The fourth-order valence-corrected chi connectivity index (χ4v) is 2.14. The van der Waals surface area contributed by atoms with Crippen molar-refractivity contribution < 1.29 is 4.74 Å². The number of ether oxygens (including phenoxy) is 1. The van der Waals surface area contributed by atoms with Crippen LogP contribution in [-0.4, -0.2) is 20.7 Å². The van der Waals surface area contributed by atoms with Gasteiger partial charge in [-0.05, 0) is 18.9 Å². The van der Waals surface area contributed by atoms with Gasteiger partial charge in [-0.2, -0.15) is 0 Å². The fraction of sp³-hybridized carbons (Fsp3) is 0.500. The lowest BCUT2D eigenvalue weighted by molar-refractivity contribution is 0.0965. The molecule has 0 N–H and O–H groups in total. The molecule has 2 heteroatoms. The summed E-state index contributed by atoms with van der Waals surface area (Å²) in [5, 5.41) is 0. The van der Waals surface area contributed by atoms with Crippen LogP contribution in [0.3, 0.4) is 0 Å². The minimum absolute atomic E-state index is 0.274. The van der Waals surface area contributed by atoms with Gasteiger partial charge in [0, 0.05) is 32.0 Å². The van der Waals surface area contributed by atoms with Crippen molar-refractivity contribution in [2.24, 2.45) is 0 Å². The molecule has 0 spiro atoms. The van der Waals surface area contributed by atoms with Crippen LogP contribution >= 0.6 is 0 Å². The lowest BCUT2D eigenvalue weighted by Crippen LogP contribution is -2.17. The minimum atomic E-state index is 0.274. The zero-order valence-corrected chi connectivity index (χ0v) is 8.86. The molecule has 1 aliphatic rings. The maximum Gasteiger partial charge on any atom is 0.0841 e. The molecule has 1 atom stereocenters. The van der Waals surface area contributed by atoms with E-state index in [4.69, 9.17) is 4.74 Å². The molecular weight excluding hydrogens is 174 g/mol. The number of para-hydroxylation sites is 1. The molecule has 76 valence electrons. The number of nitrogens with zero attached hydrogens (tertiary/aromatic N) is 1. The normalized spacial score (nSPS) is 21.6. The summed E-state index contributed by atoms with van der Waals surface area (Å²) in [5.74, 6) is 0. The molecule has 1 aromatic carbocycles. The predicted molar refractivity (Wildman–Crippen MR) is 58.7 cm³/mol. The Morgan fingerprint density at radius 1 is 1.36 bits per heavy atom. The first-order valence-corrected chi connectivity index (χ1v) is 5.16. The average Bonchev–Trinajstić information content (AvgIpc) is 2.39. The maximum atomic E-state index is 5.52. The van der Waals surface area contributed by atoms with E-state index in [2.05, 4.69) is 36.2 Å². The number of rotatable bonds is 1. The topological polar surface area (TPSA) is 12.5 Å². The van der Waals surface area contributed by atoms with Gasteiger partial charge in [-0.25, -0.2) is 0 Å². The second-order valence-electron chi connectivity index (χ2n) is 3.85. The standard InChI is InChI=1S/C12H17NO/c1-13-9-5-8-12(14-2)10-6-3-4-7-11(10)13/h3-4,6-7,12H,5,8-9H2,1-2H3. The number of benzene rings is 1. The van der Waals surface area contributed by atoms with Gasteiger partial charge in [-0.3, -0.25) is 0 Å². The zero-order valence-electron chi connectivity index (χ0n) is 8.86. The summed E-state index contributed by atoms with van der Waals surface area (Å²) in [4.78, 5) is 2.31. The number of anilines is 1. The third-order valence-corrected chi connectivity index (χ3v) is 2.94. The smallest absolute Gasteiger partial charge is 0.0841 e. The Bertz CT molecular complexity index is 311. The first-order chi connectivity index (χ1) is 6.83. The van der Waals surface area contributed by atoms with Crippen LogP contribution < -0.4 is 4.90 Å². The summed E-state index contributed by atoms with van der Waals surface area (Å²) < 4.78 is 5.52. The summed E-state index contributed by atoms with van der Waals surface area (Å²) >= 11 is 0. The van der Waals surface area contributed by atoms with E-state index in [1.807, 2.05) is 0 Å². The highest BCUT2D eigenvalue weighted by Crippen LogP contribution is 2.33. The molecule has 0 saturated carbocycles. The van der Waals surface area contributed by atoms with E-state index in [1.165, 1.54) is 17.7 Å². The number of hydrogen-bond acceptors (Lipinski definition) is 2. The predicted octanol–water partition coefficient (Wildman–Crippen LogP) is 2.60. The van der Waals surface area contributed by atoms with Crippen molar-refractivity contribution >= 4 is 5.69 Å². The number of fused-ring (bicyclic) bond motifs is 1. The Balaban J connectivity index is 2.41.